The van der Waals surface area contributed by atoms with Crippen molar-refractivity contribution >= 4 is 46.5 Å². The molecule has 1 saturated heterocycles. The first-order valence-corrected chi connectivity index (χ1v) is 8.98. The Morgan fingerprint density at radius 1 is 1.27 bits per heavy atom. The van der Waals surface area contributed by atoms with Crippen LogP contribution in [0.25, 0.3) is 6.08 Å². The lowest BCUT2D eigenvalue weighted by Crippen LogP contribution is -2.37. The zero-order valence-electron chi connectivity index (χ0n) is 13.8. The summed E-state index contributed by atoms with van der Waals surface area (Å²) in [6.45, 7) is 1.95. The van der Waals surface area contributed by atoms with Crippen LogP contribution in [0.5, 0.6) is 0 Å². The summed E-state index contributed by atoms with van der Waals surface area (Å²) in [6.07, 6.45) is 3.08. The maximum Gasteiger partial charge on any atom is 0.293 e. The zero-order valence-corrected chi connectivity index (χ0v) is 15.4. The molecule has 2 heterocycles. The van der Waals surface area contributed by atoms with E-state index in [2.05, 4.69) is 5.32 Å². The molecular formula is C18H15ClN2O4S. The number of benzene rings is 1. The van der Waals surface area contributed by atoms with E-state index in [4.69, 9.17) is 16.0 Å². The van der Waals surface area contributed by atoms with Crippen molar-refractivity contribution in [2.45, 2.75) is 6.92 Å². The number of thioether (sulfide) groups is 1. The first-order valence-electron chi connectivity index (χ1n) is 7.79. The molecule has 1 aromatic carbocycles. The number of amides is 3. The van der Waals surface area contributed by atoms with E-state index in [1.54, 1.807) is 43.3 Å². The van der Waals surface area contributed by atoms with Gasteiger partial charge in [0.15, 0.2) is 0 Å². The molecule has 26 heavy (non-hydrogen) atoms. The Morgan fingerprint density at radius 2 is 2.00 bits per heavy atom. The lowest BCUT2D eigenvalue weighted by molar-refractivity contribution is -0.122. The maximum atomic E-state index is 12.4. The average molecular weight is 391 g/mol. The second-order valence-electron chi connectivity index (χ2n) is 5.53. The highest BCUT2D eigenvalue weighted by molar-refractivity contribution is 8.18. The van der Waals surface area contributed by atoms with Crippen LogP contribution in [-0.2, 0) is 4.79 Å². The summed E-state index contributed by atoms with van der Waals surface area (Å²) in [4.78, 5) is 38.0. The van der Waals surface area contributed by atoms with Crippen LogP contribution in [0.3, 0.4) is 0 Å². The van der Waals surface area contributed by atoms with Gasteiger partial charge in [-0.1, -0.05) is 23.7 Å². The van der Waals surface area contributed by atoms with Gasteiger partial charge in [0, 0.05) is 18.1 Å². The first kappa shape index (κ1) is 18.3. The Balaban J connectivity index is 1.60. The van der Waals surface area contributed by atoms with Gasteiger partial charge in [0.1, 0.15) is 5.76 Å². The van der Waals surface area contributed by atoms with Crippen LogP contribution >= 0.6 is 23.4 Å². The fourth-order valence-corrected chi connectivity index (χ4v) is 3.39. The van der Waals surface area contributed by atoms with E-state index >= 15 is 0 Å². The molecule has 2 aromatic rings. The number of hydrogen-bond acceptors (Lipinski definition) is 5. The second-order valence-corrected chi connectivity index (χ2v) is 6.96. The molecular weight excluding hydrogens is 376 g/mol. The van der Waals surface area contributed by atoms with Crippen molar-refractivity contribution in [2.24, 2.45) is 0 Å². The number of carbonyl (C=O) groups is 3. The molecule has 1 aliphatic heterocycles. The van der Waals surface area contributed by atoms with E-state index in [9.17, 15) is 14.4 Å². The first-order chi connectivity index (χ1) is 12.5. The summed E-state index contributed by atoms with van der Waals surface area (Å²) in [6, 6.07) is 8.53. The van der Waals surface area contributed by atoms with Crippen LogP contribution in [0, 0.1) is 6.92 Å². The van der Waals surface area contributed by atoms with Gasteiger partial charge in [0.2, 0.25) is 0 Å². The van der Waals surface area contributed by atoms with Gasteiger partial charge in [-0.3, -0.25) is 19.3 Å². The van der Waals surface area contributed by atoms with Gasteiger partial charge < -0.3 is 9.73 Å². The topological polar surface area (TPSA) is 79.6 Å². The molecule has 3 rings (SSSR count). The highest BCUT2D eigenvalue weighted by atomic mass is 35.5. The largest absolute Gasteiger partial charge is 0.469 e. The molecule has 1 N–H and O–H groups in total. The number of carbonyl (C=O) groups excluding carboxylic acids is 3. The Hall–Kier alpha value is -2.51. The minimum Gasteiger partial charge on any atom is -0.469 e. The summed E-state index contributed by atoms with van der Waals surface area (Å²) in [5, 5.41) is 2.91. The molecule has 8 heteroatoms. The number of aryl methyl sites for hydroxylation is 1. The van der Waals surface area contributed by atoms with E-state index in [1.807, 2.05) is 0 Å². The summed E-state index contributed by atoms with van der Waals surface area (Å²) < 4.78 is 5.08. The van der Waals surface area contributed by atoms with Crippen molar-refractivity contribution in [3.8, 4) is 0 Å². The number of halogens is 1. The Labute approximate surface area is 159 Å². The lowest BCUT2D eigenvalue weighted by atomic mass is 10.2. The molecule has 1 aromatic heterocycles. The highest BCUT2D eigenvalue weighted by Crippen LogP contribution is 2.32. The molecule has 1 aliphatic rings. The molecule has 0 radical (unpaired) electrons. The molecule has 0 atom stereocenters. The van der Waals surface area contributed by atoms with Gasteiger partial charge in [0.25, 0.3) is 17.1 Å². The predicted molar refractivity (Wildman–Crippen MR) is 99.9 cm³/mol. The Kier molecular flexibility index (Phi) is 5.49. The van der Waals surface area contributed by atoms with Crippen LogP contribution in [0.2, 0.25) is 5.02 Å². The standard InChI is InChI=1S/C18H15ClN2O4S/c1-11-14(6-9-25-11)16(22)20-7-8-21-17(23)15(26-18(21)24)10-12-2-4-13(19)5-3-12/h2-6,9-10H,7-8H2,1H3,(H,20,22)/b15-10+. The van der Waals surface area contributed by atoms with Gasteiger partial charge >= 0.3 is 0 Å². The van der Waals surface area contributed by atoms with Crippen LogP contribution in [-0.4, -0.2) is 35.0 Å². The van der Waals surface area contributed by atoms with E-state index in [-0.39, 0.29) is 30.1 Å². The molecule has 0 unspecified atom stereocenters. The van der Waals surface area contributed by atoms with Crippen molar-refractivity contribution in [3.63, 3.8) is 0 Å². The summed E-state index contributed by atoms with van der Waals surface area (Å²) in [5.41, 5.74) is 1.21. The summed E-state index contributed by atoms with van der Waals surface area (Å²) >= 11 is 6.71. The molecule has 3 amide bonds. The third kappa shape index (κ3) is 4.00. The van der Waals surface area contributed by atoms with E-state index in [0.717, 1.165) is 22.2 Å². The highest BCUT2D eigenvalue weighted by Gasteiger charge is 2.34. The van der Waals surface area contributed by atoms with Crippen molar-refractivity contribution in [1.82, 2.24) is 10.2 Å². The van der Waals surface area contributed by atoms with Gasteiger partial charge in [-0.05, 0) is 48.5 Å². The summed E-state index contributed by atoms with van der Waals surface area (Å²) in [5.74, 6) is -0.164. The van der Waals surface area contributed by atoms with Crippen LogP contribution in [0.4, 0.5) is 4.79 Å². The Morgan fingerprint density at radius 3 is 2.65 bits per heavy atom. The molecule has 0 bridgehead atoms. The third-order valence-corrected chi connectivity index (χ3v) is 4.93. The maximum absolute atomic E-state index is 12.4. The molecule has 1 fully saturated rings. The molecule has 0 spiro atoms. The Bertz CT molecular complexity index is 889. The molecule has 0 aliphatic carbocycles. The van der Waals surface area contributed by atoms with Crippen LogP contribution in [0.15, 0.2) is 45.9 Å². The fraction of sp³-hybridized carbons (Fsp3) is 0.167. The number of imide groups is 1. The van der Waals surface area contributed by atoms with Crippen LogP contribution < -0.4 is 5.32 Å². The predicted octanol–water partition coefficient (Wildman–Crippen LogP) is 3.71. The lowest BCUT2D eigenvalue weighted by Gasteiger charge is -2.12. The van der Waals surface area contributed by atoms with E-state index in [1.165, 1.54) is 6.26 Å². The van der Waals surface area contributed by atoms with Gasteiger partial charge in [-0.15, -0.1) is 0 Å². The number of rotatable bonds is 5. The number of nitrogens with zero attached hydrogens (tertiary/aromatic N) is 1. The third-order valence-electron chi connectivity index (χ3n) is 3.77. The second kappa shape index (κ2) is 7.80. The van der Waals surface area contributed by atoms with Crippen molar-refractivity contribution in [1.29, 1.82) is 0 Å². The van der Waals surface area contributed by atoms with Crippen molar-refractivity contribution < 1.29 is 18.8 Å². The quantitative estimate of drug-likeness (QED) is 0.787. The molecule has 134 valence electrons. The van der Waals surface area contributed by atoms with Gasteiger partial charge in [-0.25, -0.2) is 0 Å². The smallest absolute Gasteiger partial charge is 0.293 e. The van der Waals surface area contributed by atoms with Gasteiger partial charge in [-0.2, -0.15) is 0 Å². The van der Waals surface area contributed by atoms with E-state index in [0.29, 0.717) is 21.3 Å². The fourth-order valence-electron chi connectivity index (χ4n) is 2.40. The minimum atomic E-state index is -0.372. The normalized spacial score (nSPS) is 15.8. The molecule has 6 nitrogen and oxygen atoms in total. The number of hydrogen-bond donors (Lipinski definition) is 1. The minimum absolute atomic E-state index is 0.102. The van der Waals surface area contributed by atoms with Gasteiger partial charge in [0.05, 0.1) is 16.7 Å². The number of furan rings is 1. The van der Waals surface area contributed by atoms with Crippen molar-refractivity contribution in [3.05, 3.63) is 63.4 Å². The molecule has 0 saturated carbocycles. The van der Waals surface area contributed by atoms with E-state index < -0.39 is 0 Å². The number of nitrogens with one attached hydrogen (secondary N) is 1. The summed E-state index contributed by atoms with van der Waals surface area (Å²) in [7, 11) is 0. The monoisotopic (exact) mass is 390 g/mol. The SMILES string of the molecule is Cc1occc1C(=O)NCCN1C(=O)S/C(=C/c2ccc(Cl)cc2)C1=O. The van der Waals surface area contributed by atoms with Crippen LogP contribution in [0.1, 0.15) is 21.7 Å². The average Bonchev–Trinajstić information content (AvgIpc) is 3.15. The zero-order chi connectivity index (χ0) is 18.7. The van der Waals surface area contributed by atoms with Crippen molar-refractivity contribution in [2.75, 3.05) is 13.1 Å².